The van der Waals surface area contributed by atoms with Crippen molar-refractivity contribution in [2.75, 3.05) is 4.90 Å². The van der Waals surface area contributed by atoms with Crippen molar-refractivity contribution in [3.8, 4) is 22.8 Å². The first-order valence-corrected chi connectivity index (χ1v) is 12.7. The summed E-state index contributed by atoms with van der Waals surface area (Å²) in [6.07, 6.45) is 3.32. The number of fused-ring (bicyclic) bond motifs is 1. The first-order valence-electron chi connectivity index (χ1n) is 12.7. The van der Waals surface area contributed by atoms with Crippen molar-refractivity contribution < 1.29 is 31.9 Å². The maximum Gasteiger partial charge on any atom is 0.247 e. The number of carbonyl (C=O) groups is 2. The van der Waals surface area contributed by atoms with Gasteiger partial charge in [-0.05, 0) is 73.5 Å². The third kappa shape index (κ3) is 4.78. The number of carbonyl (C=O) groups excluding carboxylic acids is 2. The monoisotopic (exact) mass is 572 g/mol. The second kappa shape index (κ2) is 10.3. The van der Waals surface area contributed by atoms with Crippen molar-refractivity contribution in [1.82, 2.24) is 9.97 Å². The van der Waals surface area contributed by atoms with Crippen molar-refractivity contribution in [3.63, 3.8) is 0 Å². The summed E-state index contributed by atoms with van der Waals surface area (Å²) in [5, 5.41) is 0.418. The van der Waals surface area contributed by atoms with Crippen LogP contribution in [-0.2, 0) is 9.59 Å². The van der Waals surface area contributed by atoms with Gasteiger partial charge in [0.1, 0.15) is 17.0 Å². The number of ether oxygens (including phenoxy) is 1. The molecule has 2 N–H and O–H groups in total. The molecule has 0 spiro atoms. The van der Waals surface area contributed by atoms with Crippen molar-refractivity contribution in [3.05, 3.63) is 108 Å². The molecule has 0 atom stereocenters. The maximum absolute atomic E-state index is 15.5. The number of aromatic nitrogens is 2. The van der Waals surface area contributed by atoms with Crippen LogP contribution >= 0.6 is 0 Å². The Hall–Kier alpha value is -5.32. The minimum Gasteiger partial charge on any atom is -0.453 e. The van der Waals surface area contributed by atoms with E-state index in [2.05, 4.69) is 9.97 Å². The summed E-state index contributed by atoms with van der Waals surface area (Å²) in [4.78, 5) is 35.2. The second-order valence-electron chi connectivity index (χ2n) is 9.81. The van der Waals surface area contributed by atoms with Crippen molar-refractivity contribution in [2.24, 2.45) is 11.1 Å². The maximum atomic E-state index is 15.5. The highest BCUT2D eigenvalue weighted by Crippen LogP contribution is 2.49. The molecule has 3 aromatic carbocycles. The Kier molecular flexibility index (Phi) is 6.56. The molecule has 0 saturated heterocycles. The van der Waals surface area contributed by atoms with E-state index < -0.39 is 40.5 Å². The van der Waals surface area contributed by atoms with Gasteiger partial charge < -0.3 is 10.5 Å². The third-order valence-electron chi connectivity index (χ3n) is 7.10. The van der Waals surface area contributed by atoms with Gasteiger partial charge in [-0.15, -0.1) is 0 Å². The summed E-state index contributed by atoms with van der Waals surface area (Å²) < 4.78 is 62.4. The summed E-state index contributed by atoms with van der Waals surface area (Å²) in [6.45, 7) is 0. The standard InChI is InChI=1S/C31H20F4N4O3/c32-18-2-1-3-19(13-18)39(30(41)31(9-10-31)29(36)40)20-5-7-28(24(35)14-20)42-27-8-11-37-26-15-25(38-16-21(26)27)17-4-6-22(33)23(34)12-17/h1-8,11-16H,9-10H2,(H2,36,40). The first-order chi connectivity index (χ1) is 20.2. The average Bonchev–Trinajstić information content (AvgIpc) is 3.79. The van der Waals surface area contributed by atoms with Crippen LogP contribution in [0.3, 0.4) is 0 Å². The lowest BCUT2D eigenvalue weighted by Crippen LogP contribution is -2.41. The fourth-order valence-corrected chi connectivity index (χ4v) is 4.65. The highest BCUT2D eigenvalue weighted by Gasteiger charge is 2.57. The zero-order chi connectivity index (χ0) is 29.6. The van der Waals surface area contributed by atoms with Crippen LogP contribution in [0.1, 0.15) is 12.8 Å². The summed E-state index contributed by atoms with van der Waals surface area (Å²) in [7, 11) is 0. The predicted molar refractivity (Wildman–Crippen MR) is 146 cm³/mol. The van der Waals surface area contributed by atoms with Gasteiger partial charge >= 0.3 is 0 Å². The van der Waals surface area contributed by atoms with Crippen LogP contribution in [0.15, 0.2) is 85.2 Å². The Bertz CT molecular complexity index is 1890. The van der Waals surface area contributed by atoms with Crippen LogP contribution in [0.2, 0.25) is 0 Å². The zero-order valence-electron chi connectivity index (χ0n) is 21.7. The van der Waals surface area contributed by atoms with E-state index in [1.807, 2.05) is 0 Å². The SMILES string of the molecule is NC(=O)C1(C(=O)N(c2cccc(F)c2)c2ccc(Oc3ccnc4cc(-c5ccc(F)c(F)c5)ncc34)c(F)c2)CC1. The first kappa shape index (κ1) is 26.9. The molecule has 2 aromatic heterocycles. The van der Waals surface area contributed by atoms with Crippen LogP contribution in [0.4, 0.5) is 28.9 Å². The second-order valence-corrected chi connectivity index (χ2v) is 9.81. The van der Waals surface area contributed by atoms with Crippen LogP contribution in [0, 0.1) is 28.7 Å². The molecule has 1 fully saturated rings. The number of anilines is 2. The van der Waals surface area contributed by atoms with Crippen molar-refractivity contribution in [2.45, 2.75) is 12.8 Å². The molecule has 11 heteroatoms. The topological polar surface area (TPSA) is 98.4 Å². The summed E-state index contributed by atoms with van der Waals surface area (Å²) in [6, 6.07) is 15.4. The van der Waals surface area contributed by atoms with E-state index in [1.54, 1.807) is 6.07 Å². The van der Waals surface area contributed by atoms with Crippen LogP contribution in [0.5, 0.6) is 11.5 Å². The zero-order valence-corrected chi connectivity index (χ0v) is 21.7. The lowest BCUT2D eigenvalue weighted by molar-refractivity contribution is -0.133. The Morgan fingerprint density at radius 2 is 1.60 bits per heavy atom. The lowest BCUT2D eigenvalue weighted by atomic mass is 10.0. The number of amides is 2. The van der Waals surface area contributed by atoms with E-state index in [0.29, 0.717) is 22.2 Å². The minimum atomic E-state index is -1.44. The van der Waals surface area contributed by atoms with Crippen LogP contribution in [-0.4, -0.2) is 21.8 Å². The van der Waals surface area contributed by atoms with Crippen LogP contribution < -0.4 is 15.4 Å². The molecular formula is C31H20F4N4O3. The van der Waals surface area contributed by atoms with E-state index in [1.165, 1.54) is 54.9 Å². The molecule has 1 aliphatic rings. The molecular weight excluding hydrogens is 552 g/mol. The highest BCUT2D eigenvalue weighted by molar-refractivity contribution is 6.16. The van der Waals surface area contributed by atoms with Crippen molar-refractivity contribution in [1.29, 1.82) is 0 Å². The molecule has 2 heterocycles. The number of hydrogen-bond donors (Lipinski definition) is 1. The molecule has 0 aliphatic heterocycles. The lowest BCUT2D eigenvalue weighted by Gasteiger charge is -2.26. The molecule has 7 nitrogen and oxygen atoms in total. The van der Waals surface area contributed by atoms with Gasteiger partial charge in [-0.1, -0.05) is 6.07 Å². The molecule has 42 heavy (non-hydrogen) atoms. The molecule has 1 aliphatic carbocycles. The molecule has 210 valence electrons. The smallest absolute Gasteiger partial charge is 0.247 e. The quantitative estimate of drug-likeness (QED) is 0.176. The fraction of sp³-hybridized carbons (Fsp3) is 0.0968. The Morgan fingerprint density at radius 3 is 2.29 bits per heavy atom. The molecule has 6 rings (SSSR count). The van der Waals surface area contributed by atoms with E-state index in [4.69, 9.17) is 10.5 Å². The summed E-state index contributed by atoms with van der Waals surface area (Å²) >= 11 is 0. The largest absolute Gasteiger partial charge is 0.453 e. The average molecular weight is 573 g/mol. The molecule has 0 radical (unpaired) electrons. The predicted octanol–water partition coefficient (Wildman–Crippen LogP) is 6.58. The van der Waals surface area contributed by atoms with Crippen molar-refractivity contribution >= 4 is 34.1 Å². The number of primary amides is 1. The normalized spacial score (nSPS) is 13.5. The molecule has 1 saturated carbocycles. The van der Waals surface area contributed by atoms with Gasteiger partial charge in [0.05, 0.1) is 28.0 Å². The van der Waals surface area contributed by atoms with Crippen LogP contribution in [0.25, 0.3) is 22.2 Å². The van der Waals surface area contributed by atoms with Gasteiger partial charge in [-0.2, -0.15) is 0 Å². The number of nitrogens with zero attached hydrogens (tertiary/aromatic N) is 3. The van der Waals surface area contributed by atoms with Gasteiger partial charge in [0.25, 0.3) is 0 Å². The number of benzene rings is 3. The van der Waals surface area contributed by atoms with Gasteiger partial charge in [0.15, 0.2) is 23.2 Å². The molecule has 0 bridgehead atoms. The molecule has 0 unspecified atom stereocenters. The summed E-state index contributed by atoms with van der Waals surface area (Å²) in [5.41, 5.74) is 5.29. The van der Waals surface area contributed by atoms with E-state index in [0.717, 1.165) is 29.2 Å². The third-order valence-corrected chi connectivity index (χ3v) is 7.10. The van der Waals surface area contributed by atoms with E-state index >= 15 is 4.39 Å². The number of nitrogens with two attached hydrogens (primary N) is 1. The number of pyridine rings is 2. The highest BCUT2D eigenvalue weighted by atomic mass is 19.2. The van der Waals surface area contributed by atoms with Gasteiger partial charge in [0.2, 0.25) is 11.8 Å². The van der Waals surface area contributed by atoms with E-state index in [-0.39, 0.29) is 35.7 Å². The molecule has 2 amide bonds. The summed E-state index contributed by atoms with van der Waals surface area (Å²) in [5.74, 6) is -4.94. The molecule has 5 aromatic rings. The van der Waals surface area contributed by atoms with Gasteiger partial charge in [-0.3, -0.25) is 24.5 Å². The minimum absolute atomic E-state index is 0.0420. The number of hydrogen-bond acceptors (Lipinski definition) is 5. The Balaban J connectivity index is 1.33. The Labute approximate surface area is 236 Å². The van der Waals surface area contributed by atoms with E-state index in [9.17, 15) is 22.8 Å². The van der Waals surface area contributed by atoms with Gasteiger partial charge in [-0.25, -0.2) is 17.6 Å². The number of halogens is 4. The fourth-order valence-electron chi connectivity index (χ4n) is 4.65. The number of rotatable bonds is 7. The van der Waals surface area contributed by atoms with Gasteiger partial charge in [0, 0.05) is 24.0 Å². The Morgan fingerprint density at radius 1 is 0.810 bits per heavy atom.